The van der Waals surface area contributed by atoms with Crippen LogP contribution in [-0.4, -0.2) is 41.7 Å². The largest absolute Gasteiger partial charge is 0.416 e. The number of sulfonamides is 1. The molecule has 9 nitrogen and oxygen atoms in total. The highest BCUT2D eigenvalue weighted by atomic mass is 32.2. The molecule has 0 saturated carbocycles. The molecule has 3 aromatic carbocycles. The summed E-state index contributed by atoms with van der Waals surface area (Å²) in [4.78, 5) is 8.40. The molecular formula is C32H30F3N5O4S. The van der Waals surface area contributed by atoms with Crippen LogP contribution in [0.25, 0.3) is 11.4 Å². The second-order valence-electron chi connectivity index (χ2n) is 10.4. The monoisotopic (exact) mass is 637 g/mol. The van der Waals surface area contributed by atoms with E-state index in [1.165, 1.54) is 24.3 Å². The van der Waals surface area contributed by atoms with Gasteiger partial charge in [0.05, 0.1) is 22.5 Å². The molecule has 3 N–H and O–H groups in total. The molecule has 5 rings (SSSR count). The summed E-state index contributed by atoms with van der Waals surface area (Å²) in [6, 6.07) is 21.3. The molecule has 0 radical (unpaired) electrons. The highest BCUT2D eigenvalue weighted by molar-refractivity contribution is 7.92. The van der Waals surface area contributed by atoms with Gasteiger partial charge in [0.25, 0.3) is 10.0 Å². The standard InChI is InChI=1S/C32H30F3N5O4S/c1-21(23-6-10-26(11-7-23)32(33,34)35)31-38-30(39-44-31)24-8-14-28(15-9-24)45(42,43)40-27-12-4-22(5-13-27)16-18-37-20-29(41)25-3-2-17-36-19-25/h2-15,17,19,21,29,37,40-41H,16,18,20H2,1H3/t21-,29?/m1/s1. The molecule has 0 aliphatic heterocycles. The summed E-state index contributed by atoms with van der Waals surface area (Å²) in [5.74, 6) is -0.0210. The first-order valence-electron chi connectivity index (χ1n) is 14.0. The Kier molecular flexibility index (Phi) is 9.61. The van der Waals surface area contributed by atoms with E-state index in [1.807, 2.05) is 18.2 Å². The number of nitrogens with zero attached hydrogens (tertiary/aromatic N) is 3. The van der Waals surface area contributed by atoms with Crippen molar-refractivity contribution in [2.75, 3.05) is 17.8 Å². The van der Waals surface area contributed by atoms with Crippen LogP contribution >= 0.6 is 0 Å². The lowest BCUT2D eigenvalue weighted by molar-refractivity contribution is -0.137. The predicted molar refractivity (Wildman–Crippen MR) is 162 cm³/mol. The second-order valence-corrected chi connectivity index (χ2v) is 12.1. The molecular weight excluding hydrogens is 607 g/mol. The van der Waals surface area contributed by atoms with Gasteiger partial charge in [0, 0.05) is 35.8 Å². The number of pyridine rings is 1. The topological polar surface area (TPSA) is 130 Å². The zero-order valence-corrected chi connectivity index (χ0v) is 24.9. The molecule has 0 aliphatic rings. The minimum atomic E-state index is -4.43. The number of nitrogens with one attached hydrogen (secondary N) is 2. The Morgan fingerprint density at radius 1 is 0.933 bits per heavy atom. The van der Waals surface area contributed by atoms with Crippen molar-refractivity contribution < 1.29 is 31.2 Å². The number of halogens is 3. The fourth-order valence-corrected chi connectivity index (χ4v) is 5.59. The third kappa shape index (κ3) is 8.12. The van der Waals surface area contributed by atoms with Gasteiger partial charge in [0.15, 0.2) is 0 Å². The highest BCUT2D eigenvalue weighted by Crippen LogP contribution is 2.32. The van der Waals surface area contributed by atoms with Crippen molar-refractivity contribution in [3.63, 3.8) is 0 Å². The average Bonchev–Trinajstić information content (AvgIpc) is 3.54. The van der Waals surface area contributed by atoms with Crippen molar-refractivity contribution in [1.82, 2.24) is 20.4 Å². The molecule has 5 aromatic rings. The van der Waals surface area contributed by atoms with Gasteiger partial charge >= 0.3 is 6.18 Å². The van der Waals surface area contributed by atoms with Crippen molar-refractivity contribution in [2.45, 2.75) is 36.4 Å². The second kappa shape index (κ2) is 13.6. The fourth-order valence-electron chi connectivity index (χ4n) is 4.53. The van der Waals surface area contributed by atoms with E-state index in [2.05, 4.69) is 25.2 Å². The van der Waals surface area contributed by atoms with Crippen molar-refractivity contribution in [2.24, 2.45) is 0 Å². The molecule has 2 heterocycles. The number of rotatable bonds is 12. The number of aromatic nitrogens is 3. The summed E-state index contributed by atoms with van der Waals surface area (Å²) < 4.78 is 72.5. The smallest absolute Gasteiger partial charge is 0.387 e. The number of hydrogen-bond acceptors (Lipinski definition) is 8. The van der Waals surface area contributed by atoms with Crippen LogP contribution < -0.4 is 10.0 Å². The van der Waals surface area contributed by atoms with E-state index in [9.17, 15) is 26.7 Å². The van der Waals surface area contributed by atoms with E-state index >= 15 is 0 Å². The summed E-state index contributed by atoms with van der Waals surface area (Å²) in [6.07, 6.45) is -1.11. The van der Waals surface area contributed by atoms with Gasteiger partial charge < -0.3 is 14.9 Å². The van der Waals surface area contributed by atoms with E-state index in [1.54, 1.807) is 49.6 Å². The lowest BCUT2D eigenvalue weighted by Gasteiger charge is -2.12. The van der Waals surface area contributed by atoms with Gasteiger partial charge in [-0.2, -0.15) is 18.2 Å². The Hall–Kier alpha value is -4.59. The van der Waals surface area contributed by atoms with Gasteiger partial charge in [0.2, 0.25) is 11.7 Å². The Labute approximate surface area is 258 Å². The average molecular weight is 638 g/mol. The molecule has 0 fully saturated rings. The SMILES string of the molecule is C[C@H](c1ccc(C(F)(F)F)cc1)c1nc(-c2ccc(S(=O)(=O)Nc3ccc(CCNCC(O)c4cccnc4)cc3)cc2)no1. The summed E-state index contributed by atoms with van der Waals surface area (Å²) in [5.41, 5.74) is 2.48. The Morgan fingerprint density at radius 3 is 2.29 bits per heavy atom. The highest BCUT2D eigenvalue weighted by Gasteiger charge is 2.30. The van der Waals surface area contributed by atoms with Crippen molar-refractivity contribution >= 4 is 15.7 Å². The first kappa shape index (κ1) is 31.8. The van der Waals surface area contributed by atoms with Crippen LogP contribution in [0.2, 0.25) is 0 Å². The van der Waals surface area contributed by atoms with E-state index in [-0.39, 0.29) is 16.6 Å². The summed E-state index contributed by atoms with van der Waals surface area (Å²) >= 11 is 0. The van der Waals surface area contributed by atoms with Gasteiger partial charge in [-0.1, -0.05) is 35.5 Å². The van der Waals surface area contributed by atoms with Crippen LogP contribution in [0.4, 0.5) is 18.9 Å². The van der Waals surface area contributed by atoms with Gasteiger partial charge in [-0.3, -0.25) is 9.71 Å². The van der Waals surface area contributed by atoms with Crippen molar-refractivity contribution in [3.8, 4) is 11.4 Å². The zero-order valence-electron chi connectivity index (χ0n) is 24.1. The maximum atomic E-state index is 13.0. The van der Waals surface area contributed by atoms with Gasteiger partial charge in [-0.05, 0) is 85.6 Å². The van der Waals surface area contributed by atoms with E-state index in [0.29, 0.717) is 36.3 Å². The molecule has 2 atom stereocenters. The molecule has 0 bridgehead atoms. The van der Waals surface area contributed by atoms with Crippen LogP contribution in [0.1, 0.15) is 47.1 Å². The maximum absolute atomic E-state index is 13.0. The molecule has 13 heteroatoms. The molecule has 0 saturated heterocycles. The van der Waals surface area contributed by atoms with Crippen LogP contribution in [0.15, 0.2) is 107 Å². The molecule has 45 heavy (non-hydrogen) atoms. The van der Waals surface area contributed by atoms with Crippen LogP contribution in [-0.2, 0) is 22.6 Å². The molecule has 2 aromatic heterocycles. The molecule has 1 unspecified atom stereocenters. The fraction of sp³-hybridized carbons (Fsp3) is 0.219. The van der Waals surface area contributed by atoms with E-state index in [4.69, 9.17) is 4.52 Å². The van der Waals surface area contributed by atoms with Crippen LogP contribution in [0.5, 0.6) is 0 Å². The Balaban J connectivity index is 1.14. The third-order valence-corrected chi connectivity index (χ3v) is 8.57. The summed E-state index contributed by atoms with van der Waals surface area (Å²) in [6.45, 7) is 2.75. The number of alkyl halides is 3. The zero-order chi connectivity index (χ0) is 32.0. The van der Waals surface area contributed by atoms with Gasteiger partial charge in [-0.15, -0.1) is 0 Å². The molecule has 234 valence electrons. The van der Waals surface area contributed by atoms with Crippen molar-refractivity contribution in [1.29, 1.82) is 0 Å². The Bertz CT molecular complexity index is 1800. The lowest BCUT2D eigenvalue weighted by atomic mass is 9.99. The summed E-state index contributed by atoms with van der Waals surface area (Å²) in [7, 11) is -3.88. The number of aliphatic hydroxyl groups excluding tert-OH is 1. The van der Waals surface area contributed by atoms with Crippen LogP contribution in [0.3, 0.4) is 0 Å². The minimum absolute atomic E-state index is 0.0357. The number of benzene rings is 3. The maximum Gasteiger partial charge on any atom is 0.416 e. The molecule has 0 amide bonds. The van der Waals surface area contributed by atoms with E-state index in [0.717, 1.165) is 23.3 Å². The predicted octanol–water partition coefficient (Wildman–Crippen LogP) is 5.97. The molecule has 0 aliphatic carbocycles. The molecule has 0 spiro atoms. The number of aliphatic hydroxyl groups is 1. The number of anilines is 1. The number of hydrogen-bond donors (Lipinski definition) is 3. The first-order valence-corrected chi connectivity index (χ1v) is 15.5. The Morgan fingerprint density at radius 2 is 1.64 bits per heavy atom. The lowest BCUT2D eigenvalue weighted by Crippen LogP contribution is -2.23. The first-order chi connectivity index (χ1) is 21.5. The van der Waals surface area contributed by atoms with Crippen molar-refractivity contribution in [3.05, 3.63) is 125 Å². The minimum Gasteiger partial charge on any atom is -0.387 e. The van der Waals surface area contributed by atoms with Crippen LogP contribution in [0, 0.1) is 0 Å². The normalized spacial score (nSPS) is 13.4. The van der Waals surface area contributed by atoms with Gasteiger partial charge in [0.1, 0.15) is 0 Å². The van der Waals surface area contributed by atoms with E-state index < -0.39 is 33.8 Å². The van der Waals surface area contributed by atoms with Gasteiger partial charge in [-0.25, -0.2) is 8.42 Å². The summed E-state index contributed by atoms with van der Waals surface area (Å²) in [5, 5.41) is 17.4. The third-order valence-electron chi connectivity index (χ3n) is 7.18. The quantitative estimate of drug-likeness (QED) is 0.143.